The molecule has 4 heterocycles. The van der Waals surface area contributed by atoms with Crippen molar-refractivity contribution >= 4 is 18.0 Å². The van der Waals surface area contributed by atoms with Gasteiger partial charge in [-0.05, 0) is 6.07 Å². The first-order chi connectivity index (χ1) is 12.7. The zero-order valence-corrected chi connectivity index (χ0v) is 14.2. The van der Waals surface area contributed by atoms with Crippen molar-refractivity contribution in [1.82, 2.24) is 24.5 Å². The summed E-state index contributed by atoms with van der Waals surface area (Å²) in [6, 6.07) is 8.11. The van der Waals surface area contributed by atoms with Gasteiger partial charge in [0.2, 0.25) is 6.19 Å². The van der Waals surface area contributed by atoms with Gasteiger partial charge in [0.05, 0.1) is 11.9 Å². The molecule has 0 amide bonds. The molecule has 0 saturated carbocycles. The van der Waals surface area contributed by atoms with Gasteiger partial charge in [0.1, 0.15) is 18.4 Å². The average Bonchev–Trinajstić information content (AvgIpc) is 3.37. The van der Waals surface area contributed by atoms with Crippen LogP contribution in [0.3, 0.4) is 0 Å². The van der Waals surface area contributed by atoms with Gasteiger partial charge in [-0.3, -0.25) is 4.57 Å². The van der Waals surface area contributed by atoms with Crippen LogP contribution in [0.25, 0.3) is 5.69 Å². The molecule has 9 heteroatoms. The van der Waals surface area contributed by atoms with Gasteiger partial charge in [-0.15, -0.1) is 9.78 Å². The van der Waals surface area contributed by atoms with Gasteiger partial charge in [-0.25, -0.2) is 20.0 Å². The van der Waals surface area contributed by atoms with Gasteiger partial charge in [-0.1, -0.05) is 37.3 Å². The molecule has 128 valence electrons. The Hall–Kier alpha value is -3.67. The van der Waals surface area contributed by atoms with E-state index in [2.05, 4.69) is 33.6 Å². The molecule has 3 aromatic rings. The fourth-order valence-electron chi connectivity index (χ4n) is 3.48. The summed E-state index contributed by atoms with van der Waals surface area (Å²) in [5, 5.41) is 21.5. The lowest BCUT2D eigenvalue weighted by molar-refractivity contribution is 0.651. The predicted molar refractivity (Wildman–Crippen MR) is 94.9 cm³/mol. The van der Waals surface area contributed by atoms with E-state index in [9.17, 15) is 5.26 Å². The van der Waals surface area contributed by atoms with Crippen LogP contribution in [0.2, 0.25) is 0 Å². The predicted octanol–water partition coefficient (Wildman–Crippen LogP) is 2.20. The summed E-state index contributed by atoms with van der Waals surface area (Å²) in [4.78, 5) is 9.01. The molecule has 1 atom stereocenters. The second-order valence-corrected chi connectivity index (χ2v) is 6.47. The maximum absolute atomic E-state index is 9.49. The molecule has 2 aliphatic heterocycles. The summed E-state index contributed by atoms with van der Waals surface area (Å²) in [5.74, 6) is 1.58. The first-order valence-electron chi connectivity index (χ1n) is 8.29. The summed E-state index contributed by atoms with van der Waals surface area (Å²) in [6.45, 7) is 4.05. The van der Waals surface area contributed by atoms with Crippen molar-refractivity contribution in [2.24, 2.45) is 4.99 Å². The Balaban J connectivity index is 1.71. The molecule has 2 aromatic heterocycles. The molecule has 1 aromatic carbocycles. The van der Waals surface area contributed by atoms with Crippen molar-refractivity contribution in [3.63, 3.8) is 0 Å². The molecule has 0 spiro atoms. The molecule has 0 fully saturated rings. The zero-order chi connectivity index (χ0) is 17.8. The van der Waals surface area contributed by atoms with Crippen molar-refractivity contribution in [2.75, 3.05) is 10.0 Å². The maximum atomic E-state index is 9.49. The minimum atomic E-state index is -0.225. The highest BCUT2D eigenvalue weighted by molar-refractivity contribution is 5.87. The second kappa shape index (κ2) is 5.16. The van der Waals surface area contributed by atoms with Gasteiger partial charge < -0.3 is 0 Å². The summed E-state index contributed by atoms with van der Waals surface area (Å²) >= 11 is 0. The third-order valence-corrected chi connectivity index (χ3v) is 4.64. The van der Waals surface area contributed by atoms with Crippen molar-refractivity contribution in [2.45, 2.75) is 25.9 Å². The van der Waals surface area contributed by atoms with Crippen molar-refractivity contribution in [3.05, 3.63) is 48.0 Å². The minimum Gasteiger partial charge on any atom is -0.284 e. The van der Waals surface area contributed by atoms with Crippen LogP contribution in [-0.4, -0.2) is 30.9 Å². The molecule has 2 aliphatic rings. The van der Waals surface area contributed by atoms with E-state index in [1.165, 1.54) is 4.68 Å². The van der Waals surface area contributed by atoms with Crippen LogP contribution < -0.4 is 10.0 Å². The van der Waals surface area contributed by atoms with Crippen LogP contribution in [0.4, 0.5) is 11.6 Å². The Kier molecular flexibility index (Phi) is 2.91. The van der Waals surface area contributed by atoms with Crippen molar-refractivity contribution < 1.29 is 0 Å². The first kappa shape index (κ1) is 14.7. The highest BCUT2D eigenvalue weighted by Gasteiger charge is 2.40. The number of aliphatic imine (C=N–C) groups is 1. The Morgan fingerprint density at radius 2 is 2.08 bits per heavy atom. The molecule has 1 unspecified atom stereocenters. The number of nitrogens with zero attached hydrogens (tertiary/aromatic N) is 9. The van der Waals surface area contributed by atoms with Crippen LogP contribution in [0.5, 0.6) is 0 Å². The van der Waals surface area contributed by atoms with Gasteiger partial charge in [-0.2, -0.15) is 5.26 Å². The number of hydrogen-bond acceptors (Lipinski definition) is 7. The Morgan fingerprint density at radius 3 is 2.88 bits per heavy atom. The number of aromatic nitrogens is 5. The highest BCUT2D eigenvalue weighted by Crippen LogP contribution is 2.43. The van der Waals surface area contributed by atoms with Crippen molar-refractivity contribution in [1.29, 1.82) is 5.26 Å². The van der Waals surface area contributed by atoms with Gasteiger partial charge in [0.15, 0.2) is 17.8 Å². The number of rotatable bonds is 2. The molecule has 0 radical (unpaired) electrons. The molecular weight excluding hydrogens is 330 g/mol. The molecule has 0 saturated heterocycles. The molecule has 0 aliphatic carbocycles. The minimum absolute atomic E-state index is 0.113. The van der Waals surface area contributed by atoms with E-state index in [0.29, 0.717) is 5.82 Å². The number of nitriles is 1. The Bertz CT molecular complexity index is 1070. The summed E-state index contributed by atoms with van der Waals surface area (Å²) < 4.78 is 3.24. The van der Waals surface area contributed by atoms with E-state index in [4.69, 9.17) is 4.99 Å². The molecular formula is C17H15N9. The van der Waals surface area contributed by atoms with Gasteiger partial charge in [0, 0.05) is 11.5 Å². The van der Waals surface area contributed by atoms with Gasteiger partial charge in [0.25, 0.3) is 0 Å². The molecule has 0 bridgehead atoms. The number of para-hydroxylation sites is 1. The molecule has 0 N–H and O–H groups in total. The Morgan fingerprint density at radius 1 is 1.23 bits per heavy atom. The summed E-state index contributed by atoms with van der Waals surface area (Å²) in [7, 11) is 0. The van der Waals surface area contributed by atoms with E-state index >= 15 is 0 Å². The molecule has 9 nitrogen and oxygen atoms in total. The van der Waals surface area contributed by atoms with Crippen LogP contribution in [0.1, 0.15) is 37.2 Å². The quantitative estimate of drug-likeness (QED) is 0.707. The first-order valence-corrected chi connectivity index (χ1v) is 8.29. The Labute approximate surface area is 149 Å². The standard InChI is InChI=1S/C17H15N9/c1-11(2)15-17(24(8-18)22-21-15)25-10-20-16-12-5-3-4-6-13(12)23-9-19-7-14(23)26(16)25/h3-7,9-11,16H,1-2H3. The smallest absolute Gasteiger partial charge is 0.210 e. The van der Waals surface area contributed by atoms with E-state index in [0.717, 1.165) is 22.8 Å². The number of imidazole rings is 1. The van der Waals surface area contributed by atoms with E-state index in [1.807, 2.05) is 40.6 Å². The number of anilines is 2. The van der Waals surface area contributed by atoms with Crippen molar-refractivity contribution in [3.8, 4) is 11.9 Å². The lowest BCUT2D eigenvalue weighted by Gasteiger charge is -2.37. The number of fused-ring (bicyclic) bond motifs is 6. The normalized spacial score (nSPS) is 17.2. The maximum Gasteiger partial charge on any atom is 0.210 e. The monoisotopic (exact) mass is 345 g/mol. The van der Waals surface area contributed by atoms with E-state index in [-0.39, 0.29) is 12.1 Å². The van der Waals surface area contributed by atoms with Crippen LogP contribution in [0, 0.1) is 11.5 Å². The van der Waals surface area contributed by atoms with Gasteiger partial charge >= 0.3 is 0 Å². The average molecular weight is 345 g/mol. The van der Waals surface area contributed by atoms with Crippen LogP contribution >= 0.6 is 0 Å². The fourth-order valence-corrected chi connectivity index (χ4v) is 3.48. The summed E-state index contributed by atoms with van der Waals surface area (Å²) in [6.07, 6.45) is 7.14. The third kappa shape index (κ3) is 1.78. The third-order valence-electron chi connectivity index (χ3n) is 4.64. The lowest BCUT2D eigenvalue weighted by Crippen LogP contribution is -2.43. The van der Waals surface area contributed by atoms with Crippen LogP contribution in [0.15, 0.2) is 41.8 Å². The molecule has 5 rings (SSSR count). The SMILES string of the molecule is CC(C)c1nnn(C#N)c1N1C=NC2c3ccccc3-n3cncc3N21. The summed E-state index contributed by atoms with van der Waals surface area (Å²) in [5.41, 5.74) is 2.86. The van der Waals surface area contributed by atoms with E-state index < -0.39 is 0 Å². The number of hydrazine groups is 1. The largest absolute Gasteiger partial charge is 0.284 e. The molecule has 26 heavy (non-hydrogen) atoms. The number of hydrogen-bond donors (Lipinski definition) is 0. The fraction of sp³-hybridized carbons (Fsp3) is 0.235. The van der Waals surface area contributed by atoms with Crippen LogP contribution in [-0.2, 0) is 0 Å². The lowest BCUT2D eigenvalue weighted by atomic mass is 10.1. The van der Waals surface area contributed by atoms with E-state index in [1.54, 1.807) is 18.9 Å². The zero-order valence-electron chi connectivity index (χ0n) is 14.2. The topological polar surface area (TPSA) is 91.2 Å². The highest BCUT2D eigenvalue weighted by atomic mass is 15.7. The second-order valence-electron chi connectivity index (χ2n) is 6.47. The number of benzene rings is 1.